The van der Waals surface area contributed by atoms with E-state index in [0.29, 0.717) is 12.8 Å². The van der Waals surface area contributed by atoms with Gasteiger partial charge >= 0.3 is 23.6 Å². The van der Waals surface area contributed by atoms with E-state index in [4.69, 9.17) is 0 Å². The maximum absolute atomic E-state index is 11.2. The van der Waals surface area contributed by atoms with Gasteiger partial charge in [0.15, 0.2) is 0 Å². The molecule has 0 unspecified atom stereocenters. The lowest BCUT2D eigenvalue weighted by molar-refractivity contribution is -0.139. The third-order valence-electron chi connectivity index (χ3n) is 2.26. The van der Waals surface area contributed by atoms with Crippen LogP contribution in [0.2, 0.25) is 0 Å². The van der Waals surface area contributed by atoms with Gasteiger partial charge in [0.2, 0.25) is 0 Å². The van der Waals surface area contributed by atoms with Crippen molar-refractivity contribution in [3.05, 3.63) is 0 Å². The fourth-order valence-electron chi connectivity index (χ4n) is 1.31. The van der Waals surface area contributed by atoms with E-state index in [0.717, 1.165) is 0 Å². The zero-order valence-electron chi connectivity index (χ0n) is 9.88. The predicted molar refractivity (Wildman–Crippen MR) is 61.3 cm³/mol. The van der Waals surface area contributed by atoms with Gasteiger partial charge in [0, 0.05) is 26.2 Å². The summed E-state index contributed by atoms with van der Waals surface area (Å²) >= 11 is 0. The van der Waals surface area contributed by atoms with Crippen LogP contribution in [0.15, 0.2) is 0 Å². The van der Waals surface area contributed by atoms with Crippen LogP contribution in [0.5, 0.6) is 0 Å². The molecule has 0 aromatic heterocycles. The molecular formula is C10H16N4O4. The predicted octanol–water partition coefficient (Wildman–Crippen LogP) is -2.75. The largest absolute Gasteiger partial charge is 0.348 e. The standard InChI is InChI=1S/C10H16N4O4/c15-7-9(17)13-5-2-6-14-10(18)8(16)12-4-1-3-11-7/h1-6H2,(H,11,15)(H,12,16)(H,13,17)(H,14,18). The Balaban J connectivity index is 2.46. The first-order valence-electron chi connectivity index (χ1n) is 5.73. The molecule has 8 heteroatoms. The van der Waals surface area contributed by atoms with Crippen LogP contribution in [-0.2, 0) is 19.2 Å². The molecule has 0 bridgehead atoms. The van der Waals surface area contributed by atoms with Gasteiger partial charge < -0.3 is 21.3 Å². The smallest absolute Gasteiger partial charge is 0.309 e. The molecule has 1 fully saturated rings. The minimum Gasteiger partial charge on any atom is -0.348 e. The quantitative estimate of drug-likeness (QED) is 0.351. The molecule has 18 heavy (non-hydrogen) atoms. The number of amides is 4. The fourth-order valence-corrected chi connectivity index (χ4v) is 1.31. The first-order valence-corrected chi connectivity index (χ1v) is 5.73. The second-order valence-electron chi connectivity index (χ2n) is 3.73. The molecule has 8 nitrogen and oxygen atoms in total. The highest BCUT2D eigenvalue weighted by atomic mass is 16.2. The van der Waals surface area contributed by atoms with Crippen LogP contribution >= 0.6 is 0 Å². The highest BCUT2D eigenvalue weighted by Crippen LogP contribution is 1.81. The molecule has 1 saturated heterocycles. The number of nitrogens with one attached hydrogen (secondary N) is 4. The van der Waals surface area contributed by atoms with Crippen molar-refractivity contribution in [3.63, 3.8) is 0 Å². The third kappa shape index (κ3) is 4.81. The summed E-state index contributed by atoms with van der Waals surface area (Å²) in [5, 5.41) is 9.64. The molecule has 0 atom stereocenters. The van der Waals surface area contributed by atoms with Gasteiger partial charge in [-0.15, -0.1) is 0 Å². The summed E-state index contributed by atoms with van der Waals surface area (Å²) in [6.07, 6.45) is 0.885. The van der Waals surface area contributed by atoms with Crippen LogP contribution in [0, 0.1) is 0 Å². The SMILES string of the molecule is O=C1NCCCNC(=O)C(=O)NCCCNC1=O. The lowest BCUT2D eigenvalue weighted by Gasteiger charge is -2.10. The summed E-state index contributed by atoms with van der Waals surface area (Å²) in [7, 11) is 0. The fraction of sp³-hybridized carbons (Fsp3) is 0.600. The van der Waals surface area contributed by atoms with E-state index in [9.17, 15) is 19.2 Å². The molecule has 4 amide bonds. The van der Waals surface area contributed by atoms with E-state index in [-0.39, 0.29) is 26.2 Å². The lowest BCUT2D eigenvalue weighted by Crippen LogP contribution is -2.44. The zero-order chi connectivity index (χ0) is 13.4. The zero-order valence-corrected chi connectivity index (χ0v) is 9.88. The Morgan fingerprint density at radius 1 is 0.500 bits per heavy atom. The summed E-state index contributed by atoms with van der Waals surface area (Å²) < 4.78 is 0. The molecule has 4 N–H and O–H groups in total. The second-order valence-corrected chi connectivity index (χ2v) is 3.73. The topological polar surface area (TPSA) is 116 Å². The van der Waals surface area contributed by atoms with Gasteiger partial charge in [-0.1, -0.05) is 0 Å². The van der Waals surface area contributed by atoms with Crippen LogP contribution in [0.4, 0.5) is 0 Å². The van der Waals surface area contributed by atoms with E-state index in [2.05, 4.69) is 21.3 Å². The Hall–Kier alpha value is -2.12. The Labute approximate surface area is 104 Å². The van der Waals surface area contributed by atoms with E-state index in [1.165, 1.54) is 0 Å². The van der Waals surface area contributed by atoms with Crippen molar-refractivity contribution in [2.45, 2.75) is 12.8 Å². The normalized spacial score (nSPS) is 20.0. The van der Waals surface area contributed by atoms with Gasteiger partial charge in [-0.2, -0.15) is 0 Å². The number of carbonyl (C=O) groups is 4. The van der Waals surface area contributed by atoms with Crippen LogP contribution < -0.4 is 21.3 Å². The molecule has 0 radical (unpaired) electrons. The molecule has 100 valence electrons. The van der Waals surface area contributed by atoms with Crippen molar-refractivity contribution < 1.29 is 19.2 Å². The first kappa shape index (κ1) is 13.9. The Kier molecular flexibility index (Phi) is 5.62. The Morgan fingerprint density at radius 3 is 0.944 bits per heavy atom. The van der Waals surface area contributed by atoms with Crippen LogP contribution in [0.25, 0.3) is 0 Å². The highest BCUT2D eigenvalue weighted by molar-refractivity contribution is 6.35. The average Bonchev–Trinajstić information content (AvgIpc) is 2.35. The summed E-state index contributed by atoms with van der Waals surface area (Å²) in [5.74, 6) is -2.77. The van der Waals surface area contributed by atoms with Crippen molar-refractivity contribution in [2.75, 3.05) is 26.2 Å². The maximum Gasteiger partial charge on any atom is 0.309 e. The highest BCUT2D eigenvalue weighted by Gasteiger charge is 2.14. The van der Waals surface area contributed by atoms with E-state index >= 15 is 0 Å². The first-order chi connectivity index (χ1) is 8.61. The van der Waals surface area contributed by atoms with Crippen LogP contribution in [-0.4, -0.2) is 49.8 Å². The summed E-state index contributed by atoms with van der Waals surface area (Å²) in [6.45, 7) is 1.03. The molecule has 0 spiro atoms. The summed E-state index contributed by atoms with van der Waals surface area (Å²) in [6, 6.07) is 0. The number of hydrogen-bond donors (Lipinski definition) is 4. The molecule has 0 aliphatic carbocycles. The molecule has 1 heterocycles. The molecule has 0 aromatic carbocycles. The van der Waals surface area contributed by atoms with Crippen LogP contribution in [0.3, 0.4) is 0 Å². The van der Waals surface area contributed by atoms with E-state index in [1.54, 1.807) is 0 Å². The van der Waals surface area contributed by atoms with Crippen molar-refractivity contribution in [2.24, 2.45) is 0 Å². The summed E-state index contributed by atoms with van der Waals surface area (Å²) in [4.78, 5) is 44.9. The Morgan fingerprint density at radius 2 is 0.722 bits per heavy atom. The van der Waals surface area contributed by atoms with Gasteiger partial charge in [-0.05, 0) is 12.8 Å². The minimum atomic E-state index is -0.692. The minimum absolute atomic E-state index is 0.258. The van der Waals surface area contributed by atoms with Gasteiger partial charge in [0.05, 0.1) is 0 Å². The van der Waals surface area contributed by atoms with Crippen molar-refractivity contribution >= 4 is 23.6 Å². The number of carbonyl (C=O) groups excluding carboxylic acids is 4. The molecule has 1 aliphatic heterocycles. The Bertz CT molecular complexity index is 290. The monoisotopic (exact) mass is 256 g/mol. The third-order valence-corrected chi connectivity index (χ3v) is 2.26. The number of hydrogen-bond acceptors (Lipinski definition) is 4. The number of rotatable bonds is 0. The van der Waals surface area contributed by atoms with Gasteiger partial charge in [-0.25, -0.2) is 0 Å². The molecular weight excluding hydrogens is 240 g/mol. The van der Waals surface area contributed by atoms with Crippen molar-refractivity contribution in [3.8, 4) is 0 Å². The van der Waals surface area contributed by atoms with E-state index in [1.807, 2.05) is 0 Å². The van der Waals surface area contributed by atoms with Gasteiger partial charge in [-0.3, -0.25) is 19.2 Å². The molecule has 0 saturated carbocycles. The molecule has 0 aromatic rings. The lowest BCUT2D eigenvalue weighted by atomic mass is 10.3. The molecule has 1 rings (SSSR count). The van der Waals surface area contributed by atoms with Crippen molar-refractivity contribution in [1.29, 1.82) is 0 Å². The van der Waals surface area contributed by atoms with Crippen LogP contribution in [0.1, 0.15) is 12.8 Å². The maximum atomic E-state index is 11.2. The average molecular weight is 256 g/mol. The summed E-state index contributed by atoms with van der Waals surface area (Å²) in [5.41, 5.74) is 0. The molecule has 1 aliphatic rings. The second kappa shape index (κ2) is 7.25. The van der Waals surface area contributed by atoms with Gasteiger partial charge in [0.25, 0.3) is 0 Å². The van der Waals surface area contributed by atoms with Crippen molar-refractivity contribution in [1.82, 2.24) is 21.3 Å². The van der Waals surface area contributed by atoms with Gasteiger partial charge in [0.1, 0.15) is 0 Å². The van der Waals surface area contributed by atoms with E-state index < -0.39 is 23.6 Å².